The van der Waals surface area contributed by atoms with Gasteiger partial charge in [-0.1, -0.05) is 47.5 Å². The van der Waals surface area contributed by atoms with E-state index in [1.807, 2.05) is 30.3 Å². The molecule has 28 heavy (non-hydrogen) atoms. The highest BCUT2D eigenvalue weighted by molar-refractivity contribution is 6.42. The molecule has 0 radical (unpaired) electrons. The van der Waals surface area contributed by atoms with Crippen LogP contribution in [0.4, 0.5) is 0 Å². The number of likely N-dealkylation sites (tertiary alicyclic amines) is 1. The third kappa shape index (κ3) is 3.62. The van der Waals surface area contributed by atoms with E-state index in [4.69, 9.17) is 23.2 Å². The van der Waals surface area contributed by atoms with Gasteiger partial charge < -0.3 is 4.90 Å². The lowest BCUT2D eigenvalue weighted by molar-refractivity contribution is 0.0647. The van der Waals surface area contributed by atoms with Crippen molar-refractivity contribution in [1.82, 2.24) is 9.88 Å². The first-order chi connectivity index (χ1) is 13.5. The SMILES string of the molecule is O=C(c1ccc(Cl)c(Cl)c1)C1CCN(C(=O)c2nccc3ccccc23)CC1. The molecule has 0 aliphatic carbocycles. The van der Waals surface area contributed by atoms with E-state index in [1.54, 1.807) is 29.3 Å². The van der Waals surface area contributed by atoms with Crippen molar-refractivity contribution in [3.8, 4) is 0 Å². The Kier molecular flexibility index (Phi) is 5.33. The molecule has 1 fully saturated rings. The van der Waals surface area contributed by atoms with Crippen LogP contribution in [-0.4, -0.2) is 34.7 Å². The van der Waals surface area contributed by atoms with E-state index in [2.05, 4.69) is 4.98 Å². The van der Waals surface area contributed by atoms with Crippen molar-refractivity contribution in [2.75, 3.05) is 13.1 Å². The monoisotopic (exact) mass is 412 g/mol. The standard InChI is InChI=1S/C22H18Cl2N2O2/c23-18-6-5-16(13-19(18)24)21(27)15-8-11-26(12-9-15)22(28)20-17-4-2-1-3-14(17)7-10-25-20/h1-7,10,13,15H,8-9,11-12H2. The van der Waals surface area contributed by atoms with Crippen molar-refractivity contribution in [3.63, 3.8) is 0 Å². The molecule has 2 aromatic carbocycles. The Morgan fingerprint density at radius 3 is 2.46 bits per heavy atom. The summed E-state index contributed by atoms with van der Waals surface area (Å²) in [7, 11) is 0. The van der Waals surface area contributed by atoms with Crippen molar-refractivity contribution in [2.45, 2.75) is 12.8 Å². The fraction of sp³-hybridized carbons (Fsp3) is 0.227. The molecule has 6 heteroatoms. The first-order valence-electron chi connectivity index (χ1n) is 9.17. The number of ketones is 1. The predicted octanol–water partition coefficient (Wildman–Crippen LogP) is 5.28. The smallest absolute Gasteiger partial charge is 0.273 e. The molecule has 0 unspecified atom stereocenters. The molecule has 2 heterocycles. The minimum absolute atomic E-state index is 0.0500. The first kappa shape index (κ1) is 18.9. The van der Waals surface area contributed by atoms with Crippen LogP contribution in [0.15, 0.2) is 54.7 Å². The number of halogens is 2. The van der Waals surface area contributed by atoms with Crippen LogP contribution in [0.25, 0.3) is 10.8 Å². The van der Waals surface area contributed by atoms with E-state index in [9.17, 15) is 9.59 Å². The van der Waals surface area contributed by atoms with E-state index in [0.717, 1.165) is 10.8 Å². The maximum Gasteiger partial charge on any atom is 0.273 e. The zero-order chi connectivity index (χ0) is 19.7. The van der Waals surface area contributed by atoms with Gasteiger partial charge in [-0.15, -0.1) is 0 Å². The Labute approximate surface area is 173 Å². The maximum absolute atomic E-state index is 13.0. The fourth-order valence-corrected chi connectivity index (χ4v) is 3.97. The second-order valence-electron chi connectivity index (χ2n) is 6.94. The molecule has 0 bridgehead atoms. The normalized spacial score (nSPS) is 15.0. The Balaban J connectivity index is 1.47. The van der Waals surface area contributed by atoms with Gasteiger partial charge in [0.05, 0.1) is 10.0 Å². The van der Waals surface area contributed by atoms with E-state index in [-0.39, 0.29) is 17.6 Å². The largest absolute Gasteiger partial charge is 0.337 e. The summed E-state index contributed by atoms with van der Waals surface area (Å²) in [5.41, 5.74) is 1.03. The van der Waals surface area contributed by atoms with Crippen LogP contribution in [0.2, 0.25) is 10.0 Å². The van der Waals surface area contributed by atoms with Gasteiger partial charge in [-0.3, -0.25) is 14.6 Å². The zero-order valence-electron chi connectivity index (χ0n) is 15.1. The summed E-state index contributed by atoms with van der Waals surface area (Å²) in [6.07, 6.45) is 2.90. The lowest BCUT2D eigenvalue weighted by Crippen LogP contribution is -2.40. The van der Waals surface area contributed by atoms with E-state index in [0.29, 0.717) is 47.2 Å². The number of rotatable bonds is 3. The molecule has 0 spiro atoms. The molecule has 4 rings (SSSR count). The van der Waals surface area contributed by atoms with Crippen molar-refractivity contribution in [2.24, 2.45) is 5.92 Å². The molecular weight excluding hydrogens is 395 g/mol. The minimum atomic E-state index is -0.123. The number of Topliss-reactive ketones (excluding diaryl/α,β-unsaturated/α-hetero) is 1. The van der Waals surface area contributed by atoms with Gasteiger partial charge in [0.1, 0.15) is 5.69 Å². The number of fused-ring (bicyclic) bond motifs is 1. The van der Waals surface area contributed by atoms with Crippen LogP contribution in [0.3, 0.4) is 0 Å². The molecule has 0 atom stereocenters. The number of aromatic nitrogens is 1. The van der Waals surface area contributed by atoms with Gasteiger partial charge in [-0.25, -0.2) is 0 Å². The highest BCUT2D eigenvalue weighted by Crippen LogP contribution is 2.28. The molecule has 0 N–H and O–H groups in total. The molecule has 1 saturated heterocycles. The summed E-state index contributed by atoms with van der Waals surface area (Å²) in [6, 6.07) is 14.6. The summed E-state index contributed by atoms with van der Waals surface area (Å²) in [5, 5.41) is 2.65. The van der Waals surface area contributed by atoms with E-state index < -0.39 is 0 Å². The quantitative estimate of drug-likeness (QED) is 0.550. The van der Waals surface area contributed by atoms with Crippen LogP contribution in [0.1, 0.15) is 33.7 Å². The Morgan fingerprint density at radius 1 is 0.964 bits per heavy atom. The number of piperidine rings is 1. The molecule has 4 nitrogen and oxygen atoms in total. The highest BCUT2D eigenvalue weighted by Gasteiger charge is 2.29. The number of hydrogen-bond acceptors (Lipinski definition) is 3. The van der Waals surface area contributed by atoms with Crippen LogP contribution in [-0.2, 0) is 0 Å². The summed E-state index contributed by atoms with van der Waals surface area (Å²) in [4.78, 5) is 31.9. The Morgan fingerprint density at radius 2 is 1.71 bits per heavy atom. The van der Waals surface area contributed by atoms with Crippen LogP contribution >= 0.6 is 23.2 Å². The van der Waals surface area contributed by atoms with Crippen LogP contribution in [0, 0.1) is 5.92 Å². The molecule has 142 valence electrons. The third-order valence-electron chi connectivity index (χ3n) is 5.23. The second-order valence-corrected chi connectivity index (χ2v) is 7.75. The number of benzene rings is 2. The number of pyridine rings is 1. The Bertz CT molecular complexity index is 1050. The number of carbonyl (C=O) groups is 2. The van der Waals surface area contributed by atoms with E-state index in [1.165, 1.54) is 0 Å². The summed E-state index contributed by atoms with van der Waals surface area (Å²) < 4.78 is 0. The van der Waals surface area contributed by atoms with Crippen molar-refractivity contribution in [1.29, 1.82) is 0 Å². The van der Waals surface area contributed by atoms with Crippen molar-refractivity contribution < 1.29 is 9.59 Å². The summed E-state index contributed by atoms with van der Waals surface area (Å²) >= 11 is 12.0. The van der Waals surface area contributed by atoms with Crippen molar-refractivity contribution >= 4 is 45.7 Å². The number of hydrogen-bond donors (Lipinski definition) is 0. The average Bonchev–Trinajstić information content (AvgIpc) is 2.74. The molecular formula is C22H18Cl2N2O2. The lowest BCUT2D eigenvalue weighted by Gasteiger charge is -2.31. The molecule has 3 aromatic rings. The Hall–Kier alpha value is -2.43. The van der Waals surface area contributed by atoms with Gasteiger partial charge >= 0.3 is 0 Å². The maximum atomic E-state index is 13.0. The minimum Gasteiger partial charge on any atom is -0.337 e. The summed E-state index contributed by atoms with van der Waals surface area (Å²) in [5.74, 6) is -0.159. The van der Waals surface area contributed by atoms with Crippen LogP contribution in [0.5, 0.6) is 0 Å². The topological polar surface area (TPSA) is 50.3 Å². The number of amides is 1. The average molecular weight is 413 g/mol. The van der Waals surface area contributed by atoms with Gasteiger partial charge in [-0.05, 0) is 42.5 Å². The van der Waals surface area contributed by atoms with Crippen molar-refractivity contribution in [3.05, 3.63) is 76.0 Å². The molecule has 1 aliphatic heterocycles. The number of carbonyl (C=O) groups excluding carboxylic acids is 2. The van der Waals surface area contributed by atoms with Gasteiger partial charge in [0, 0.05) is 36.2 Å². The van der Waals surface area contributed by atoms with E-state index >= 15 is 0 Å². The van der Waals surface area contributed by atoms with Gasteiger partial charge in [0.2, 0.25) is 0 Å². The second kappa shape index (κ2) is 7.90. The third-order valence-corrected chi connectivity index (χ3v) is 5.97. The first-order valence-corrected chi connectivity index (χ1v) is 9.92. The van der Waals surface area contributed by atoms with Crippen LogP contribution < -0.4 is 0 Å². The van der Waals surface area contributed by atoms with Gasteiger partial charge in [0.15, 0.2) is 5.78 Å². The van der Waals surface area contributed by atoms with Gasteiger partial charge in [0.25, 0.3) is 5.91 Å². The molecule has 1 aromatic heterocycles. The number of nitrogens with zero attached hydrogens (tertiary/aromatic N) is 2. The van der Waals surface area contributed by atoms with Gasteiger partial charge in [-0.2, -0.15) is 0 Å². The zero-order valence-corrected chi connectivity index (χ0v) is 16.6. The predicted molar refractivity (Wildman–Crippen MR) is 111 cm³/mol. The lowest BCUT2D eigenvalue weighted by atomic mass is 9.88. The molecule has 0 saturated carbocycles. The molecule has 1 amide bonds. The molecule has 1 aliphatic rings. The highest BCUT2D eigenvalue weighted by atomic mass is 35.5. The summed E-state index contributed by atoms with van der Waals surface area (Å²) in [6.45, 7) is 1.06. The fourth-order valence-electron chi connectivity index (χ4n) is 3.67.